The molecule has 1 fully saturated rings. The first kappa shape index (κ1) is 10.1. The third-order valence-corrected chi connectivity index (χ3v) is 3.56. The zero-order valence-electron chi connectivity index (χ0n) is 8.46. The normalized spacial score (nSPS) is 22.4. The Bertz CT molecular complexity index is 240. The maximum Gasteiger partial charge on any atom is 0.0300 e. The molecule has 0 saturated carbocycles. The van der Waals surface area contributed by atoms with E-state index in [2.05, 4.69) is 28.1 Å². The van der Waals surface area contributed by atoms with Crippen LogP contribution in [-0.2, 0) is 6.54 Å². The van der Waals surface area contributed by atoms with E-state index in [1.807, 2.05) is 11.3 Å². The minimum atomic E-state index is 0.698. The summed E-state index contributed by atoms with van der Waals surface area (Å²) in [6, 6.07) is 5.00. The molecule has 2 heterocycles. The maximum absolute atomic E-state index is 3.54. The van der Waals surface area contributed by atoms with Gasteiger partial charge in [-0.2, -0.15) is 0 Å². The van der Waals surface area contributed by atoms with Crippen LogP contribution in [0.5, 0.6) is 0 Å². The first-order chi connectivity index (χ1) is 6.95. The molecule has 0 aromatic carbocycles. The van der Waals surface area contributed by atoms with Crippen molar-refractivity contribution < 1.29 is 0 Å². The molecule has 1 saturated heterocycles. The second-order valence-corrected chi connectivity index (χ2v) is 4.89. The van der Waals surface area contributed by atoms with E-state index < -0.39 is 0 Å². The van der Waals surface area contributed by atoms with Gasteiger partial charge in [-0.15, -0.1) is 11.3 Å². The summed E-state index contributed by atoms with van der Waals surface area (Å²) in [6.45, 7) is 3.33. The van der Waals surface area contributed by atoms with Crippen LogP contribution in [0.3, 0.4) is 0 Å². The molecule has 3 heteroatoms. The molecular formula is C11H18N2S. The van der Waals surface area contributed by atoms with Crippen LogP contribution < -0.4 is 10.6 Å². The molecule has 0 bridgehead atoms. The van der Waals surface area contributed by atoms with Crippen molar-refractivity contribution in [1.82, 2.24) is 10.6 Å². The Morgan fingerprint density at radius 3 is 3.21 bits per heavy atom. The van der Waals surface area contributed by atoms with E-state index >= 15 is 0 Å². The highest BCUT2D eigenvalue weighted by molar-refractivity contribution is 7.09. The largest absolute Gasteiger partial charge is 0.313 e. The number of thiophene rings is 1. The summed E-state index contributed by atoms with van der Waals surface area (Å²) >= 11 is 1.83. The zero-order chi connectivity index (χ0) is 9.64. The first-order valence-corrected chi connectivity index (χ1v) is 6.29. The second kappa shape index (κ2) is 5.49. The minimum Gasteiger partial charge on any atom is -0.313 e. The van der Waals surface area contributed by atoms with Gasteiger partial charge in [-0.25, -0.2) is 0 Å². The lowest BCUT2D eigenvalue weighted by atomic mass is 10.1. The Hall–Kier alpha value is -0.380. The van der Waals surface area contributed by atoms with Gasteiger partial charge in [-0.3, -0.25) is 0 Å². The van der Waals surface area contributed by atoms with Crippen LogP contribution in [-0.4, -0.2) is 19.1 Å². The number of hydrogen-bond acceptors (Lipinski definition) is 3. The van der Waals surface area contributed by atoms with Crippen molar-refractivity contribution in [3.63, 3.8) is 0 Å². The van der Waals surface area contributed by atoms with Gasteiger partial charge in [0.05, 0.1) is 0 Å². The monoisotopic (exact) mass is 210 g/mol. The predicted molar refractivity (Wildman–Crippen MR) is 61.7 cm³/mol. The van der Waals surface area contributed by atoms with Crippen molar-refractivity contribution in [3.05, 3.63) is 22.4 Å². The molecule has 2 nitrogen and oxygen atoms in total. The molecule has 2 N–H and O–H groups in total. The van der Waals surface area contributed by atoms with Crippen molar-refractivity contribution >= 4 is 11.3 Å². The summed E-state index contributed by atoms with van der Waals surface area (Å²) < 4.78 is 0. The molecule has 1 aliphatic heterocycles. The SMILES string of the molecule is c1csc(CNCC2CCCCN2)c1. The highest BCUT2D eigenvalue weighted by Gasteiger charge is 2.11. The number of hydrogen-bond donors (Lipinski definition) is 2. The molecule has 0 radical (unpaired) electrons. The van der Waals surface area contributed by atoms with Crippen LogP contribution in [0.1, 0.15) is 24.1 Å². The van der Waals surface area contributed by atoms with Crippen LogP contribution in [0.25, 0.3) is 0 Å². The van der Waals surface area contributed by atoms with Gasteiger partial charge in [0.2, 0.25) is 0 Å². The summed E-state index contributed by atoms with van der Waals surface area (Å²) in [7, 11) is 0. The van der Waals surface area contributed by atoms with E-state index in [1.165, 1.54) is 30.7 Å². The van der Waals surface area contributed by atoms with Crippen molar-refractivity contribution in [1.29, 1.82) is 0 Å². The summed E-state index contributed by atoms with van der Waals surface area (Å²) in [5.74, 6) is 0. The Labute approximate surface area is 89.7 Å². The molecule has 1 aromatic heterocycles. The summed E-state index contributed by atoms with van der Waals surface area (Å²) in [5.41, 5.74) is 0. The summed E-state index contributed by atoms with van der Waals surface area (Å²) in [6.07, 6.45) is 4.07. The van der Waals surface area contributed by atoms with Gasteiger partial charge in [-0.1, -0.05) is 12.5 Å². The van der Waals surface area contributed by atoms with Crippen LogP contribution in [0.2, 0.25) is 0 Å². The van der Waals surface area contributed by atoms with E-state index in [1.54, 1.807) is 0 Å². The van der Waals surface area contributed by atoms with Crippen LogP contribution in [0.15, 0.2) is 17.5 Å². The van der Waals surface area contributed by atoms with Gasteiger partial charge in [-0.05, 0) is 30.8 Å². The summed E-state index contributed by atoms with van der Waals surface area (Å²) in [5, 5.41) is 9.18. The third-order valence-electron chi connectivity index (χ3n) is 2.68. The predicted octanol–water partition coefficient (Wildman–Crippen LogP) is 1.98. The fourth-order valence-electron chi connectivity index (χ4n) is 1.88. The lowest BCUT2D eigenvalue weighted by Gasteiger charge is -2.23. The van der Waals surface area contributed by atoms with Crippen molar-refractivity contribution in [3.8, 4) is 0 Å². The quantitative estimate of drug-likeness (QED) is 0.794. The van der Waals surface area contributed by atoms with E-state index in [0.29, 0.717) is 6.04 Å². The Morgan fingerprint density at radius 1 is 1.50 bits per heavy atom. The Kier molecular flexibility index (Phi) is 3.98. The van der Waals surface area contributed by atoms with Gasteiger partial charge in [0.15, 0.2) is 0 Å². The lowest BCUT2D eigenvalue weighted by Crippen LogP contribution is -2.41. The average molecular weight is 210 g/mol. The molecule has 1 aliphatic rings. The fourth-order valence-corrected chi connectivity index (χ4v) is 2.56. The topological polar surface area (TPSA) is 24.1 Å². The van der Waals surface area contributed by atoms with E-state index in [9.17, 15) is 0 Å². The maximum atomic E-state index is 3.54. The average Bonchev–Trinajstić information content (AvgIpc) is 2.72. The number of piperidine rings is 1. The minimum absolute atomic E-state index is 0.698. The summed E-state index contributed by atoms with van der Waals surface area (Å²) in [4.78, 5) is 1.43. The molecule has 0 spiro atoms. The Morgan fingerprint density at radius 2 is 2.50 bits per heavy atom. The molecule has 1 atom stereocenters. The molecule has 0 aliphatic carbocycles. The Balaban J connectivity index is 1.62. The standard InChI is InChI=1S/C11H18N2S/c1-2-6-13-10(4-1)8-12-9-11-5-3-7-14-11/h3,5,7,10,12-13H,1-2,4,6,8-9H2. The zero-order valence-corrected chi connectivity index (χ0v) is 9.28. The molecule has 14 heavy (non-hydrogen) atoms. The fraction of sp³-hybridized carbons (Fsp3) is 0.636. The number of rotatable bonds is 4. The number of nitrogens with one attached hydrogen (secondary N) is 2. The highest BCUT2D eigenvalue weighted by Crippen LogP contribution is 2.09. The van der Waals surface area contributed by atoms with Crippen molar-refractivity contribution in [2.24, 2.45) is 0 Å². The first-order valence-electron chi connectivity index (χ1n) is 5.41. The van der Waals surface area contributed by atoms with Gasteiger partial charge in [0.1, 0.15) is 0 Å². The molecular weight excluding hydrogens is 192 g/mol. The van der Waals surface area contributed by atoms with Crippen molar-refractivity contribution in [2.45, 2.75) is 31.8 Å². The van der Waals surface area contributed by atoms with Crippen LogP contribution in [0, 0.1) is 0 Å². The second-order valence-electron chi connectivity index (χ2n) is 3.86. The molecule has 1 aromatic rings. The highest BCUT2D eigenvalue weighted by atomic mass is 32.1. The smallest absolute Gasteiger partial charge is 0.0300 e. The third kappa shape index (κ3) is 3.08. The van der Waals surface area contributed by atoms with Crippen LogP contribution >= 0.6 is 11.3 Å². The van der Waals surface area contributed by atoms with Gasteiger partial charge in [0.25, 0.3) is 0 Å². The molecule has 0 amide bonds. The lowest BCUT2D eigenvalue weighted by molar-refractivity contribution is 0.383. The van der Waals surface area contributed by atoms with E-state index in [0.717, 1.165) is 13.1 Å². The molecule has 78 valence electrons. The van der Waals surface area contributed by atoms with Gasteiger partial charge < -0.3 is 10.6 Å². The van der Waals surface area contributed by atoms with Crippen molar-refractivity contribution in [2.75, 3.05) is 13.1 Å². The van der Waals surface area contributed by atoms with E-state index in [4.69, 9.17) is 0 Å². The van der Waals surface area contributed by atoms with Gasteiger partial charge in [0, 0.05) is 24.0 Å². The van der Waals surface area contributed by atoms with Crippen LogP contribution in [0.4, 0.5) is 0 Å². The molecule has 1 unspecified atom stereocenters. The molecule has 2 rings (SSSR count). The van der Waals surface area contributed by atoms with Gasteiger partial charge >= 0.3 is 0 Å². The van der Waals surface area contributed by atoms with E-state index in [-0.39, 0.29) is 0 Å².